The van der Waals surface area contributed by atoms with E-state index in [4.69, 9.17) is 4.74 Å². The van der Waals surface area contributed by atoms with Gasteiger partial charge in [0.2, 0.25) is 0 Å². The number of nitrogens with one attached hydrogen (secondary N) is 1. The molecule has 2 rings (SSSR count). The lowest BCUT2D eigenvalue weighted by Gasteiger charge is -2.24. The summed E-state index contributed by atoms with van der Waals surface area (Å²) >= 11 is 3.30. The van der Waals surface area contributed by atoms with Gasteiger partial charge in [-0.15, -0.1) is 16.9 Å². The molecule has 1 saturated heterocycles. The van der Waals surface area contributed by atoms with Crippen LogP contribution in [0.2, 0.25) is 0 Å². The summed E-state index contributed by atoms with van der Waals surface area (Å²) in [6.45, 7) is 1.77. The number of rotatable bonds is 4. The van der Waals surface area contributed by atoms with Crippen LogP contribution < -0.4 is 5.32 Å². The number of hydrogen-bond donors (Lipinski definition) is 1. The molecule has 0 saturated carbocycles. The summed E-state index contributed by atoms with van der Waals surface area (Å²) in [4.78, 5) is 0. The fraction of sp³-hybridized carbons (Fsp3) is 0.714. The van der Waals surface area contributed by atoms with Gasteiger partial charge in [0, 0.05) is 24.3 Å². The van der Waals surface area contributed by atoms with Gasteiger partial charge in [0.25, 0.3) is 0 Å². The molecule has 13 heavy (non-hydrogen) atoms. The Bertz CT molecular complexity index is 274. The van der Waals surface area contributed by atoms with Gasteiger partial charge in [-0.05, 0) is 0 Å². The van der Waals surface area contributed by atoms with Crippen molar-refractivity contribution in [3.63, 3.8) is 0 Å². The van der Waals surface area contributed by atoms with Crippen LogP contribution in [-0.4, -0.2) is 35.1 Å². The second kappa shape index (κ2) is 4.26. The monoisotopic (exact) mass is 217 g/mol. The normalized spacial score (nSPS) is 17.0. The number of anilines is 1. The lowest BCUT2D eigenvalue weighted by atomic mass is 10.4. The van der Waals surface area contributed by atoms with Gasteiger partial charge in [0.05, 0.1) is 18.5 Å². The molecule has 0 atom stereocenters. The van der Waals surface area contributed by atoms with E-state index in [0.717, 1.165) is 29.7 Å². The summed E-state index contributed by atoms with van der Waals surface area (Å²) in [5, 5.41) is 8.88. The first kappa shape index (κ1) is 9.23. The van der Waals surface area contributed by atoms with Crippen LogP contribution in [0.25, 0.3) is 0 Å². The Labute approximate surface area is 85.2 Å². The van der Waals surface area contributed by atoms with E-state index in [1.165, 1.54) is 11.5 Å². The topological polar surface area (TPSA) is 47.0 Å². The summed E-state index contributed by atoms with van der Waals surface area (Å²) in [5.41, 5.74) is 1.06. The van der Waals surface area contributed by atoms with Gasteiger partial charge < -0.3 is 10.1 Å². The van der Waals surface area contributed by atoms with E-state index in [0.29, 0.717) is 5.25 Å². The van der Waals surface area contributed by atoms with Crippen LogP contribution in [0.4, 0.5) is 5.00 Å². The van der Waals surface area contributed by atoms with Crippen molar-refractivity contribution in [3.05, 3.63) is 5.69 Å². The Kier molecular flexibility index (Phi) is 3.02. The van der Waals surface area contributed by atoms with Crippen LogP contribution in [0, 0.1) is 0 Å². The molecule has 0 aliphatic carbocycles. The van der Waals surface area contributed by atoms with E-state index >= 15 is 0 Å². The molecule has 0 spiro atoms. The molecule has 1 aliphatic heterocycles. The quantitative estimate of drug-likeness (QED) is 0.821. The van der Waals surface area contributed by atoms with Crippen molar-refractivity contribution in [2.24, 2.45) is 0 Å². The molecule has 72 valence electrons. The number of aromatic nitrogens is 2. The van der Waals surface area contributed by atoms with Crippen LogP contribution >= 0.6 is 23.3 Å². The average Bonchev–Trinajstić information content (AvgIpc) is 2.49. The molecule has 1 aliphatic rings. The molecule has 1 aromatic heterocycles. The first-order valence-corrected chi connectivity index (χ1v) is 5.90. The van der Waals surface area contributed by atoms with E-state index in [2.05, 4.69) is 14.9 Å². The summed E-state index contributed by atoms with van der Waals surface area (Å²) in [6, 6.07) is 0. The van der Waals surface area contributed by atoms with Crippen LogP contribution in [0.5, 0.6) is 0 Å². The maximum atomic E-state index is 5.09. The minimum Gasteiger partial charge on any atom is -0.379 e. The number of thioether (sulfide) groups is 1. The van der Waals surface area contributed by atoms with Crippen molar-refractivity contribution in [1.29, 1.82) is 0 Å². The smallest absolute Gasteiger partial charge is 0.133 e. The van der Waals surface area contributed by atoms with E-state index in [1.54, 1.807) is 0 Å². The third-order valence-corrected chi connectivity index (χ3v) is 3.82. The Hall–Kier alpha value is -0.330. The SMILES string of the molecule is CNc1snnc1CSC1COC1. The van der Waals surface area contributed by atoms with E-state index < -0.39 is 0 Å². The summed E-state index contributed by atoms with van der Waals surface area (Å²) < 4.78 is 8.99. The largest absolute Gasteiger partial charge is 0.379 e. The highest BCUT2D eigenvalue weighted by Gasteiger charge is 2.19. The second-order valence-corrected chi connectivity index (χ2v) is 4.81. The molecule has 0 amide bonds. The first-order chi connectivity index (χ1) is 6.40. The maximum absolute atomic E-state index is 5.09. The van der Waals surface area contributed by atoms with Gasteiger partial charge in [0.1, 0.15) is 10.7 Å². The number of nitrogens with zero attached hydrogens (tertiary/aromatic N) is 2. The van der Waals surface area contributed by atoms with Gasteiger partial charge in [-0.25, -0.2) is 0 Å². The number of hydrogen-bond acceptors (Lipinski definition) is 6. The predicted molar refractivity (Wildman–Crippen MR) is 55.4 cm³/mol. The van der Waals surface area contributed by atoms with Crippen molar-refractivity contribution in [2.75, 3.05) is 25.6 Å². The molecule has 0 bridgehead atoms. The van der Waals surface area contributed by atoms with Crippen LogP contribution in [0.3, 0.4) is 0 Å². The molecule has 1 aromatic rings. The first-order valence-electron chi connectivity index (χ1n) is 4.08. The molecule has 0 unspecified atom stereocenters. The van der Waals surface area contributed by atoms with Crippen LogP contribution in [-0.2, 0) is 10.5 Å². The van der Waals surface area contributed by atoms with Gasteiger partial charge in [-0.2, -0.15) is 0 Å². The van der Waals surface area contributed by atoms with E-state index in [1.807, 2.05) is 18.8 Å². The fourth-order valence-corrected chi connectivity index (χ4v) is 2.60. The highest BCUT2D eigenvalue weighted by Crippen LogP contribution is 2.27. The third kappa shape index (κ3) is 2.12. The lowest BCUT2D eigenvalue weighted by Crippen LogP contribution is -2.30. The predicted octanol–water partition coefficient (Wildman–Crippen LogP) is 1.21. The molecule has 2 heterocycles. The molecule has 4 nitrogen and oxygen atoms in total. The average molecular weight is 217 g/mol. The zero-order chi connectivity index (χ0) is 9.10. The van der Waals surface area contributed by atoms with Gasteiger partial charge in [0.15, 0.2) is 0 Å². The Morgan fingerprint density at radius 3 is 3.15 bits per heavy atom. The van der Waals surface area contributed by atoms with E-state index in [-0.39, 0.29) is 0 Å². The van der Waals surface area contributed by atoms with Crippen molar-refractivity contribution < 1.29 is 4.74 Å². The molecule has 6 heteroatoms. The Morgan fingerprint density at radius 1 is 1.69 bits per heavy atom. The summed E-state index contributed by atoms with van der Waals surface area (Å²) in [6.07, 6.45) is 0. The third-order valence-electron chi connectivity index (χ3n) is 1.85. The van der Waals surface area contributed by atoms with Crippen LogP contribution in [0.1, 0.15) is 5.69 Å². The maximum Gasteiger partial charge on any atom is 0.133 e. The minimum atomic E-state index is 0.659. The Balaban J connectivity index is 1.85. The highest BCUT2D eigenvalue weighted by molar-refractivity contribution is 7.99. The minimum absolute atomic E-state index is 0.659. The summed E-state index contributed by atoms with van der Waals surface area (Å²) in [7, 11) is 1.90. The molecule has 1 fully saturated rings. The zero-order valence-electron chi connectivity index (χ0n) is 7.32. The molecular weight excluding hydrogens is 206 g/mol. The standard InChI is InChI=1S/C7H11N3OS2/c1-8-7-6(9-10-13-7)4-12-5-2-11-3-5/h5,8H,2-4H2,1H3. The fourth-order valence-electron chi connectivity index (χ4n) is 1.00. The molecule has 1 N–H and O–H groups in total. The molecule has 0 radical (unpaired) electrons. The summed E-state index contributed by atoms with van der Waals surface area (Å²) in [5.74, 6) is 0.931. The van der Waals surface area contributed by atoms with Crippen LogP contribution in [0.15, 0.2) is 0 Å². The van der Waals surface area contributed by atoms with Gasteiger partial charge in [-0.3, -0.25) is 0 Å². The van der Waals surface area contributed by atoms with Gasteiger partial charge in [-0.1, -0.05) is 4.49 Å². The van der Waals surface area contributed by atoms with Gasteiger partial charge >= 0.3 is 0 Å². The lowest BCUT2D eigenvalue weighted by molar-refractivity contribution is 0.0455. The van der Waals surface area contributed by atoms with Crippen molar-refractivity contribution >= 4 is 28.3 Å². The number of ether oxygens (including phenoxy) is 1. The van der Waals surface area contributed by atoms with E-state index in [9.17, 15) is 0 Å². The van der Waals surface area contributed by atoms with Crippen molar-refractivity contribution in [2.45, 2.75) is 11.0 Å². The van der Waals surface area contributed by atoms with Crippen molar-refractivity contribution in [1.82, 2.24) is 9.59 Å². The second-order valence-electron chi connectivity index (χ2n) is 2.77. The molecular formula is C7H11N3OS2. The zero-order valence-corrected chi connectivity index (χ0v) is 8.95. The molecule has 0 aromatic carbocycles. The Morgan fingerprint density at radius 2 is 2.54 bits per heavy atom. The van der Waals surface area contributed by atoms with Crippen molar-refractivity contribution in [3.8, 4) is 0 Å². The highest BCUT2D eigenvalue weighted by atomic mass is 32.2.